The summed E-state index contributed by atoms with van der Waals surface area (Å²) in [6.45, 7) is 4.35. The van der Waals surface area contributed by atoms with Gasteiger partial charge < -0.3 is 4.74 Å². The molecule has 0 rings (SSSR count). The van der Waals surface area contributed by atoms with E-state index in [1.807, 2.05) is 0 Å². The molecule has 0 aliphatic heterocycles. The Morgan fingerprint density at radius 1 is 1.42 bits per heavy atom. The molecule has 71 valence electrons. The van der Waals surface area contributed by atoms with Gasteiger partial charge in [-0.05, 0) is 13.3 Å². The molecule has 0 aromatic heterocycles. The van der Waals surface area contributed by atoms with Gasteiger partial charge in [0.2, 0.25) is 0 Å². The minimum absolute atomic E-state index is 0.263. The maximum Gasteiger partial charge on any atom is 0.319 e. The van der Waals surface area contributed by atoms with Crippen molar-refractivity contribution in [3.63, 3.8) is 0 Å². The van der Waals surface area contributed by atoms with E-state index in [9.17, 15) is 4.79 Å². The van der Waals surface area contributed by atoms with Crippen molar-refractivity contribution in [2.45, 2.75) is 44.8 Å². The fourth-order valence-electron chi connectivity index (χ4n) is 0.819. The lowest BCUT2D eigenvalue weighted by atomic mass is 10.2. The van der Waals surface area contributed by atoms with Crippen molar-refractivity contribution in [3.8, 4) is 0 Å². The van der Waals surface area contributed by atoms with Crippen LogP contribution < -0.4 is 0 Å². The quantitative estimate of drug-likeness (QED) is 0.474. The Bertz CT molecular complexity index is 124. The molecular formula is C9H17O2S. The average Bonchev–Trinajstić information content (AvgIpc) is 2.03. The Labute approximate surface area is 80.1 Å². The van der Waals surface area contributed by atoms with Crippen molar-refractivity contribution >= 4 is 18.6 Å². The first-order chi connectivity index (χ1) is 5.68. The maximum absolute atomic E-state index is 10.8. The van der Waals surface area contributed by atoms with Crippen molar-refractivity contribution in [1.29, 1.82) is 0 Å². The summed E-state index contributed by atoms with van der Waals surface area (Å²) in [6.07, 6.45) is 4.50. The van der Waals surface area contributed by atoms with Gasteiger partial charge in [0.25, 0.3) is 0 Å². The van der Waals surface area contributed by atoms with Crippen LogP contribution in [-0.2, 0) is 9.53 Å². The second-order valence-corrected chi connectivity index (χ2v) is 3.58. The summed E-state index contributed by atoms with van der Waals surface area (Å²) in [4.78, 5) is 10.8. The number of hydrogen-bond acceptors (Lipinski definition) is 2. The third kappa shape index (κ3) is 6.53. The van der Waals surface area contributed by atoms with Crippen LogP contribution in [0.25, 0.3) is 0 Å². The molecule has 1 atom stereocenters. The number of carbonyl (C=O) groups is 1. The van der Waals surface area contributed by atoms with E-state index in [4.69, 9.17) is 17.4 Å². The van der Waals surface area contributed by atoms with Crippen molar-refractivity contribution < 1.29 is 9.53 Å². The molecule has 0 bridgehead atoms. The zero-order valence-electron chi connectivity index (χ0n) is 7.84. The van der Waals surface area contributed by atoms with Gasteiger partial charge in [-0.15, -0.1) is 0 Å². The molecule has 1 unspecified atom stereocenters. The second-order valence-electron chi connectivity index (χ2n) is 2.87. The van der Waals surface area contributed by atoms with Gasteiger partial charge in [-0.25, -0.2) is 0 Å². The van der Waals surface area contributed by atoms with E-state index in [0.717, 1.165) is 12.8 Å². The highest BCUT2D eigenvalue weighted by molar-refractivity contribution is 7.81. The summed E-state index contributed by atoms with van der Waals surface area (Å²) in [7, 11) is 0. The molecule has 2 nitrogen and oxygen atoms in total. The van der Waals surface area contributed by atoms with Crippen LogP contribution in [0.1, 0.15) is 39.5 Å². The molecule has 0 aliphatic carbocycles. The van der Waals surface area contributed by atoms with Crippen LogP contribution in [-0.4, -0.2) is 17.8 Å². The highest BCUT2D eigenvalue weighted by atomic mass is 32.1. The van der Waals surface area contributed by atoms with Crippen LogP contribution >= 0.6 is 12.6 Å². The third-order valence-electron chi connectivity index (χ3n) is 1.57. The minimum atomic E-state index is -0.406. The molecular weight excluding hydrogens is 172 g/mol. The summed E-state index contributed by atoms with van der Waals surface area (Å²) in [5.74, 6) is -0.263. The van der Waals surface area contributed by atoms with E-state index in [-0.39, 0.29) is 5.97 Å². The number of rotatable bonds is 6. The Balaban J connectivity index is 3.14. The Kier molecular flexibility index (Phi) is 7.36. The first-order valence-electron chi connectivity index (χ1n) is 4.51. The van der Waals surface area contributed by atoms with Gasteiger partial charge in [-0.2, -0.15) is 0 Å². The van der Waals surface area contributed by atoms with E-state index in [2.05, 4.69) is 6.92 Å². The molecule has 1 radical (unpaired) electrons. The normalized spacial score (nSPS) is 12.6. The fraction of sp³-hybridized carbons (Fsp3) is 0.889. The second kappa shape index (κ2) is 7.47. The summed E-state index contributed by atoms with van der Waals surface area (Å²) >= 11 is 4.73. The number of hydrogen-bond donors (Lipinski definition) is 0. The standard InChI is InChI=1S/C9H17O2S/c1-3-4-5-6-7-11-9(10)8(2)12/h8H,3-7H2,1-2H3. The van der Waals surface area contributed by atoms with Crippen molar-refractivity contribution in [2.75, 3.05) is 6.61 Å². The van der Waals surface area contributed by atoms with Gasteiger partial charge in [0, 0.05) is 0 Å². The lowest BCUT2D eigenvalue weighted by Gasteiger charge is -2.05. The molecule has 0 saturated heterocycles. The SMILES string of the molecule is CCCCCCOC(=O)C(C)[S]. The zero-order valence-corrected chi connectivity index (χ0v) is 8.65. The number of esters is 1. The number of carbonyl (C=O) groups excluding carboxylic acids is 1. The van der Waals surface area contributed by atoms with Crippen molar-refractivity contribution in [2.24, 2.45) is 0 Å². The van der Waals surface area contributed by atoms with Crippen LogP contribution in [0.2, 0.25) is 0 Å². The molecule has 0 saturated carbocycles. The summed E-state index contributed by atoms with van der Waals surface area (Å²) < 4.78 is 4.91. The molecule has 0 aliphatic rings. The molecule has 3 heteroatoms. The predicted molar refractivity (Wildman–Crippen MR) is 52.2 cm³/mol. The van der Waals surface area contributed by atoms with Crippen LogP contribution in [0.15, 0.2) is 0 Å². The zero-order chi connectivity index (χ0) is 9.40. The summed E-state index contributed by atoms with van der Waals surface area (Å²) in [5, 5.41) is -0.406. The first kappa shape index (κ1) is 11.8. The Morgan fingerprint density at radius 3 is 2.58 bits per heavy atom. The van der Waals surface area contributed by atoms with Gasteiger partial charge in [0.1, 0.15) is 5.25 Å². The van der Waals surface area contributed by atoms with E-state index in [1.165, 1.54) is 12.8 Å². The average molecular weight is 189 g/mol. The van der Waals surface area contributed by atoms with E-state index < -0.39 is 5.25 Å². The molecule has 0 heterocycles. The van der Waals surface area contributed by atoms with Crippen LogP contribution in [0.3, 0.4) is 0 Å². The lowest BCUT2D eigenvalue weighted by molar-refractivity contribution is -0.142. The van der Waals surface area contributed by atoms with E-state index in [1.54, 1.807) is 6.92 Å². The van der Waals surface area contributed by atoms with Gasteiger partial charge in [0.15, 0.2) is 0 Å². The van der Waals surface area contributed by atoms with Gasteiger partial charge in [-0.3, -0.25) is 4.79 Å². The molecule has 0 spiro atoms. The van der Waals surface area contributed by atoms with E-state index in [0.29, 0.717) is 6.61 Å². The minimum Gasteiger partial charge on any atom is -0.465 e. The topological polar surface area (TPSA) is 26.3 Å². The Morgan fingerprint density at radius 2 is 2.08 bits per heavy atom. The smallest absolute Gasteiger partial charge is 0.319 e. The third-order valence-corrected chi connectivity index (χ3v) is 1.77. The summed E-state index contributed by atoms with van der Waals surface area (Å²) in [5.41, 5.74) is 0. The summed E-state index contributed by atoms with van der Waals surface area (Å²) in [6, 6.07) is 0. The molecule has 0 aromatic rings. The largest absolute Gasteiger partial charge is 0.465 e. The maximum atomic E-state index is 10.8. The monoisotopic (exact) mass is 189 g/mol. The van der Waals surface area contributed by atoms with Gasteiger partial charge in [-0.1, -0.05) is 38.8 Å². The molecule has 0 amide bonds. The Hall–Kier alpha value is -0.180. The number of unbranched alkanes of at least 4 members (excludes halogenated alkanes) is 3. The highest BCUT2D eigenvalue weighted by Crippen LogP contribution is 2.01. The van der Waals surface area contributed by atoms with Crippen molar-refractivity contribution in [1.82, 2.24) is 0 Å². The van der Waals surface area contributed by atoms with E-state index >= 15 is 0 Å². The fourth-order valence-corrected chi connectivity index (χ4v) is 0.887. The first-order valence-corrected chi connectivity index (χ1v) is 4.98. The van der Waals surface area contributed by atoms with Crippen LogP contribution in [0, 0.1) is 0 Å². The molecule has 0 aromatic carbocycles. The molecule has 0 N–H and O–H groups in total. The highest BCUT2D eigenvalue weighted by Gasteiger charge is 2.08. The van der Waals surface area contributed by atoms with Crippen molar-refractivity contribution in [3.05, 3.63) is 0 Å². The lowest BCUT2D eigenvalue weighted by Crippen LogP contribution is -2.15. The van der Waals surface area contributed by atoms with Gasteiger partial charge in [0.05, 0.1) is 6.61 Å². The number of ether oxygens (including phenoxy) is 1. The molecule has 12 heavy (non-hydrogen) atoms. The van der Waals surface area contributed by atoms with Gasteiger partial charge >= 0.3 is 5.97 Å². The molecule has 0 fully saturated rings. The van der Waals surface area contributed by atoms with Crippen LogP contribution in [0.5, 0.6) is 0 Å². The van der Waals surface area contributed by atoms with Crippen LogP contribution in [0.4, 0.5) is 0 Å². The predicted octanol–water partition coefficient (Wildman–Crippen LogP) is 2.70.